The van der Waals surface area contributed by atoms with E-state index in [1.54, 1.807) is 11.8 Å². The van der Waals surface area contributed by atoms with Gasteiger partial charge in [0.15, 0.2) is 0 Å². The lowest BCUT2D eigenvalue weighted by Crippen LogP contribution is -2.24. The Balaban J connectivity index is 1.29. The lowest BCUT2D eigenvalue weighted by molar-refractivity contribution is 0.215. The van der Waals surface area contributed by atoms with Gasteiger partial charge in [-0.15, -0.1) is 11.8 Å². The van der Waals surface area contributed by atoms with Crippen LogP contribution in [0.5, 0.6) is 5.88 Å². The highest BCUT2D eigenvalue weighted by Crippen LogP contribution is 2.25. The summed E-state index contributed by atoms with van der Waals surface area (Å²) in [6.07, 6.45) is 6.75. The van der Waals surface area contributed by atoms with Crippen LogP contribution in [0.3, 0.4) is 0 Å². The van der Waals surface area contributed by atoms with Crippen LogP contribution in [0.4, 0.5) is 5.69 Å². The van der Waals surface area contributed by atoms with Crippen LogP contribution in [0.15, 0.2) is 78.1 Å². The first-order valence-electron chi connectivity index (χ1n) is 8.81. The van der Waals surface area contributed by atoms with E-state index in [-0.39, 0.29) is 6.10 Å². The molecule has 1 aliphatic rings. The molecule has 0 amide bonds. The lowest BCUT2D eigenvalue weighted by Gasteiger charge is -2.18. The van der Waals surface area contributed by atoms with E-state index in [0.29, 0.717) is 5.88 Å². The van der Waals surface area contributed by atoms with Gasteiger partial charge < -0.3 is 9.64 Å². The van der Waals surface area contributed by atoms with Crippen LogP contribution in [0, 0.1) is 0 Å². The van der Waals surface area contributed by atoms with Gasteiger partial charge in [0.05, 0.1) is 6.54 Å². The van der Waals surface area contributed by atoms with Gasteiger partial charge in [0.25, 0.3) is 0 Å². The molecule has 5 heteroatoms. The largest absolute Gasteiger partial charge is 0.472 e. The number of pyridine rings is 2. The van der Waals surface area contributed by atoms with Gasteiger partial charge in [0.2, 0.25) is 5.88 Å². The fraction of sp³-hybridized carbons (Fsp3) is 0.238. The van der Waals surface area contributed by atoms with Crippen LogP contribution in [0.2, 0.25) is 0 Å². The topological polar surface area (TPSA) is 38.2 Å². The van der Waals surface area contributed by atoms with E-state index < -0.39 is 0 Å². The van der Waals surface area contributed by atoms with Gasteiger partial charge in [0, 0.05) is 54.0 Å². The van der Waals surface area contributed by atoms with Crippen molar-refractivity contribution >= 4 is 17.4 Å². The molecule has 1 atom stereocenters. The number of hydrogen-bond donors (Lipinski definition) is 0. The Hall–Kier alpha value is -2.53. The van der Waals surface area contributed by atoms with Crippen molar-refractivity contribution in [3.63, 3.8) is 0 Å². The van der Waals surface area contributed by atoms with E-state index in [1.807, 2.05) is 42.9 Å². The van der Waals surface area contributed by atoms with E-state index >= 15 is 0 Å². The quantitative estimate of drug-likeness (QED) is 0.606. The molecule has 0 aliphatic carbocycles. The van der Waals surface area contributed by atoms with Crippen molar-refractivity contribution in [2.24, 2.45) is 0 Å². The summed E-state index contributed by atoms with van der Waals surface area (Å²) in [5.41, 5.74) is 2.52. The van der Waals surface area contributed by atoms with Gasteiger partial charge in [-0.25, -0.2) is 4.98 Å². The van der Waals surface area contributed by atoms with Crippen molar-refractivity contribution in [3.8, 4) is 5.88 Å². The first-order valence-corrected chi connectivity index (χ1v) is 9.80. The number of ether oxygens (including phenoxy) is 1. The van der Waals surface area contributed by atoms with Crippen LogP contribution in [-0.4, -0.2) is 29.2 Å². The van der Waals surface area contributed by atoms with Crippen molar-refractivity contribution in [1.82, 2.24) is 9.97 Å². The van der Waals surface area contributed by atoms with Crippen molar-refractivity contribution < 1.29 is 4.74 Å². The molecule has 0 bridgehead atoms. The molecule has 3 aromatic rings. The molecule has 4 rings (SSSR count). The molecule has 26 heavy (non-hydrogen) atoms. The fourth-order valence-electron chi connectivity index (χ4n) is 3.05. The van der Waals surface area contributed by atoms with Crippen LogP contribution >= 0.6 is 11.8 Å². The Kier molecular flexibility index (Phi) is 5.36. The van der Waals surface area contributed by atoms with Crippen molar-refractivity contribution in [3.05, 3.63) is 78.8 Å². The maximum Gasteiger partial charge on any atom is 0.213 e. The third-order valence-electron chi connectivity index (χ3n) is 4.42. The predicted molar refractivity (Wildman–Crippen MR) is 106 cm³/mol. The highest BCUT2D eigenvalue weighted by Gasteiger charge is 2.24. The van der Waals surface area contributed by atoms with Gasteiger partial charge in [-0.1, -0.05) is 30.3 Å². The standard InChI is InChI=1S/C21H21N3OS/c1-2-4-17(5-3-1)16-26-20-6-7-21(23-14-20)25-19-10-13-24(15-19)18-8-11-22-12-9-18/h1-9,11-12,14,19H,10,13,15-16H2. The number of anilines is 1. The molecule has 1 aliphatic heterocycles. The number of thioether (sulfide) groups is 1. The molecule has 0 N–H and O–H groups in total. The average molecular weight is 363 g/mol. The second-order valence-electron chi connectivity index (χ2n) is 6.29. The van der Waals surface area contributed by atoms with Crippen LogP contribution in [0.1, 0.15) is 12.0 Å². The summed E-state index contributed by atoms with van der Waals surface area (Å²) in [6, 6.07) is 18.6. The Morgan fingerprint density at radius 3 is 2.65 bits per heavy atom. The molecule has 3 heterocycles. The summed E-state index contributed by atoms with van der Waals surface area (Å²) >= 11 is 1.79. The van der Waals surface area contributed by atoms with Gasteiger partial charge in [0.1, 0.15) is 6.10 Å². The van der Waals surface area contributed by atoms with Crippen molar-refractivity contribution in [2.45, 2.75) is 23.2 Å². The summed E-state index contributed by atoms with van der Waals surface area (Å²) in [7, 11) is 0. The zero-order valence-corrected chi connectivity index (χ0v) is 15.3. The Bertz CT molecular complexity index is 812. The molecule has 1 saturated heterocycles. The molecule has 4 nitrogen and oxygen atoms in total. The Morgan fingerprint density at radius 1 is 1.04 bits per heavy atom. The number of nitrogens with zero attached hydrogens (tertiary/aromatic N) is 3. The summed E-state index contributed by atoms with van der Waals surface area (Å²) in [4.78, 5) is 12.0. The minimum atomic E-state index is 0.179. The second kappa shape index (κ2) is 8.23. The van der Waals surface area contributed by atoms with Crippen LogP contribution < -0.4 is 9.64 Å². The molecule has 1 aromatic carbocycles. The van der Waals surface area contributed by atoms with E-state index in [9.17, 15) is 0 Å². The van der Waals surface area contributed by atoms with E-state index in [1.165, 1.54) is 11.3 Å². The lowest BCUT2D eigenvalue weighted by atomic mass is 10.2. The number of rotatable bonds is 6. The molecule has 1 unspecified atom stereocenters. The highest BCUT2D eigenvalue weighted by molar-refractivity contribution is 7.98. The van der Waals surface area contributed by atoms with Gasteiger partial charge in [-0.2, -0.15) is 0 Å². The van der Waals surface area contributed by atoms with Crippen molar-refractivity contribution in [2.75, 3.05) is 18.0 Å². The molecule has 0 saturated carbocycles. The smallest absolute Gasteiger partial charge is 0.213 e. The molecule has 1 fully saturated rings. The predicted octanol–water partition coefficient (Wildman–Crippen LogP) is 4.43. The zero-order valence-electron chi connectivity index (χ0n) is 14.5. The maximum atomic E-state index is 6.07. The number of benzene rings is 1. The average Bonchev–Trinajstić information content (AvgIpc) is 3.17. The van der Waals surface area contributed by atoms with Crippen molar-refractivity contribution in [1.29, 1.82) is 0 Å². The minimum Gasteiger partial charge on any atom is -0.472 e. The third kappa shape index (κ3) is 4.35. The van der Waals surface area contributed by atoms with Gasteiger partial charge >= 0.3 is 0 Å². The molecular weight excluding hydrogens is 342 g/mol. The highest BCUT2D eigenvalue weighted by atomic mass is 32.2. The van der Waals surface area contributed by atoms with Crippen LogP contribution in [0.25, 0.3) is 0 Å². The monoisotopic (exact) mass is 363 g/mol. The molecule has 0 radical (unpaired) electrons. The Morgan fingerprint density at radius 2 is 1.88 bits per heavy atom. The maximum absolute atomic E-state index is 6.07. The second-order valence-corrected chi connectivity index (χ2v) is 7.34. The normalized spacial score (nSPS) is 16.6. The Labute approximate surface area is 158 Å². The molecular formula is C21H21N3OS. The molecule has 2 aromatic heterocycles. The SMILES string of the molecule is c1ccc(CSc2ccc(OC3CCN(c4ccncc4)C3)nc2)cc1. The first kappa shape index (κ1) is 16.9. The third-order valence-corrected chi connectivity index (χ3v) is 5.47. The first-order chi connectivity index (χ1) is 12.9. The molecule has 132 valence electrons. The fourth-order valence-corrected chi connectivity index (χ4v) is 3.86. The minimum absolute atomic E-state index is 0.179. The van der Waals surface area contributed by atoms with E-state index in [4.69, 9.17) is 4.74 Å². The summed E-state index contributed by atoms with van der Waals surface area (Å²) in [6.45, 7) is 1.88. The summed E-state index contributed by atoms with van der Waals surface area (Å²) in [5.74, 6) is 1.65. The number of hydrogen-bond acceptors (Lipinski definition) is 5. The molecule has 0 spiro atoms. The van der Waals surface area contributed by atoms with Crippen LogP contribution in [-0.2, 0) is 5.75 Å². The van der Waals surface area contributed by atoms with E-state index in [2.05, 4.69) is 45.2 Å². The van der Waals surface area contributed by atoms with Gasteiger partial charge in [-0.05, 0) is 23.8 Å². The van der Waals surface area contributed by atoms with Gasteiger partial charge in [-0.3, -0.25) is 4.98 Å². The van der Waals surface area contributed by atoms with E-state index in [0.717, 1.165) is 30.2 Å². The summed E-state index contributed by atoms with van der Waals surface area (Å²) in [5, 5.41) is 0. The number of aromatic nitrogens is 2. The summed E-state index contributed by atoms with van der Waals surface area (Å²) < 4.78 is 6.07. The zero-order chi connectivity index (χ0) is 17.6.